The van der Waals surface area contributed by atoms with Gasteiger partial charge in [0, 0.05) is 30.7 Å². The number of ketones is 1. The number of carbonyl (C=O) groups excluding carboxylic acids is 3. The van der Waals surface area contributed by atoms with Crippen LogP contribution in [0.2, 0.25) is 5.02 Å². The Morgan fingerprint density at radius 2 is 2.05 bits per heavy atom. The van der Waals surface area contributed by atoms with Gasteiger partial charge in [0.15, 0.2) is 10.9 Å². The number of Topliss-reactive ketones (excluding diaryl/α,β-unsaturated/α-hetero) is 1. The molecule has 0 N–H and O–H groups in total. The van der Waals surface area contributed by atoms with E-state index in [1.165, 1.54) is 25.6 Å². The lowest BCUT2D eigenvalue weighted by molar-refractivity contribution is -0.117. The highest BCUT2D eigenvalue weighted by atomic mass is 35.5. The van der Waals surface area contributed by atoms with Crippen molar-refractivity contribution < 1.29 is 14.4 Å². The molecule has 1 aromatic carbocycles. The van der Waals surface area contributed by atoms with E-state index in [9.17, 15) is 14.4 Å². The van der Waals surface area contributed by atoms with Crippen molar-refractivity contribution in [3.8, 4) is 0 Å². The lowest BCUT2D eigenvalue weighted by Crippen LogP contribution is -2.25. The summed E-state index contributed by atoms with van der Waals surface area (Å²) in [5.41, 5.74) is 1.05. The zero-order valence-corrected chi connectivity index (χ0v) is 12.8. The first kappa shape index (κ1) is 15.1. The summed E-state index contributed by atoms with van der Waals surface area (Å²) in [7, 11) is 0. The second kappa shape index (κ2) is 5.97. The third-order valence-corrected chi connectivity index (χ3v) is 4.37. The molecule has 1 unspecified atom stereocenters. The van der Waals surface area contributed by atoms with E-state index in [1.807, 2.05) is 0 Å². The average molecular weight is 312 g/mol. The van der Waals surface area contributed by atoms with Crippen LogP contribution >= 0.6 is 23.4 Å². The van der Waals surface area contributed by atoms with Gasteiger partial charge in [-0.3, -0.25) is 14.4 Å². The minimum atomic E-state index is -0.0794. The second-order valence-corrected chi connectivity index (χ2v) is 6.55. The third kappa shape index (κ3) is 3.22. The molecule has 1 amide bonds. The Kier molecular flexibility index (Phi) is 4.50. The van der Waals surface area contributed by atoms with E-state index in [-0.39, 0.29) is 22.1 Å². The van der Waals surface area contributed by atoms with Crippen molar-refractivity contribution in [2.75, 3.05) is 11.4 Å². The minimum absolute atomic E-state index is 0.00627. The highest BCUT2D eigenvalue weighted by Crippen LogP contribution is 2.33. The van der Waals surface area contributed by atoms with Gasteiger partial charge < -0.3 is 4.90 Å². The Bertz CT molecular complexity index is 588. The summed E-state index contributed by atoms with van der Waals surface area (Å²) in [6.07, 6.45) is 0.310. The largest absolute Gasteiger partial charge is 0.310 e. The summed E-state index contributed by atoms with van der Waals surface area (Å²) < 4.78 is 0. The van der Waals surface area contributed by atoms with E-state index in [0.29, 0.717) is 29.2 Å². The Labute approximate surface area is 126 Å². The van der Waals surface area contributed by atoms with Crippen LogP contribution in [-0.2, 0) is 9.59 Å². The molecule has 20 heavy (non-hydrogen) atoms. The van der Waals surface area contributed by atoms with Crippen molar-refractivity contribution in [1.82, 2.24) is 0 Å². The summed E-state index contributed by atoms with van der Waals surface area (Å²) in [5.74, 6) is -0.157. The minimum Gasteiger partial charge on any atom is -0.310 e. The molecule has 1 aliphatic heterocycles. The van der Waals surface area contributed by atoms with Crippen LogP contribution in [0.4, 0.5) is 5.69 Å². The first-order valence-corrected chi connectivity index (χ1v) is 7.42. The highest BCUT2D eigenvalue weighted by molar-refractivity contribution is 8.14. The fourth-order valence-electron chi connectivity index (χ4n) is 2.16. The molecule has 2 rings (SSSR count). The number of amides is 1. The van der Waals surface area contributed by atoms with Crippen LogP contribution in [0.1, 0.15) is 30.6 Å². The van der Waals surface area contributed by atoms with Crippen molar-refractivity contribution in [2.24, 2.45) is 0 Å². The topological polar surface area (TPSA) is 54.5 Å². The first-order valence-electron chi connectivity index (χ1n) is 6.16. The summed E-state index contributed by atoms with van der Waals surface area (Å²) in [4.78, 5) is 36.2. The summed E-state index contributed by atoms with van der Waals surface area (Å²) in [6, 6.07) is 4.88. The van der Waals surface area contributed by atoms with Crippen molar-refractivity contribution in [3.05, 3.63) is 28.8 Å². The molecule has 4 nitrogen and oxygen atoms in total. The number of benzene rings is 1. The molecule has 1 aromatic rings. The molecule has 1 aliphatic rings. The number of hydrogen-bond donors (Lipinski definition) is 0. The number of anilines is 1. The molecule has 0 aromatic heterocycles. The lowest BCUT2D eigenvalue weighted by Gasteiger charge is -2.18. The van der Waals surface area contributed by atoms with Gasteiger partial charge in [-0.1, -0.05) is 23.4 Å². The van der Waals surface area contributed by atoms with Gasteiger partial charge in [0.25, 0.3) is 0 Å². The summed E-state index contributed by atoms with van der Waals surface area (Å²) >= 11 is 7.29. The van der Waals surface area contributed by atoms with Gasteiger partial charge in [0.2, 0.25) is 5.91 Å². The van der Waals surface area contributed by atoms with Crippen molar-refractivity contribution in [1.29, 1.82) is 0 Å². The van der Waals surface area contributed by atoms with Gasteiger partial charge in [-0.15, -0.1) is 0 Å². The predicted molar refractivity (Wildman–Crippen MR) is 80.5 cm³/mol. The number of hydrogen-bond acceptors (Lipinski definition) is 4. The van der Waals surface area contributed by atoms with Gasteiger partial charge in [-0.2, -0.15) is 0 Å². The Morgan fingerprint density at radius 3 is 2.65 bits per heavy atom. The maximum absolute atomic E-state index is 12.1. The Balaban J connectivity index is 2.27. The van der Waals surface area contributed by atoms with E-state index >= 15 is 0 Å². The van der Waals surface area contributed by atoms with Crippen molar-refractivity contribution in [3.63, 3.8) is 0 Å². The van der Waals surface area contributed by atoms with Gasteiger partial charge in [-0.05, 0) is 25.1 Å². The maximum Gasteiger partial charge on any atom is 0.228 e. The van der Waals surface area contributed by atoms with E-state index in [0.717, 1.165) is 0 Å². The Morgan fingerprint density at radius 1 is 1.35 bits per heavy atom. The van der Waals surface area contributed by atoms with Gasteiger partial charge in [0.1, 0.15) is 0 Å². The maximum atomic E-state index is 12.1. The number of thioether (sulfide) groups is 1. The molecular weight excluding hydrogens is 298 g/mol. The van der Waals surface area contributed by atoms with Crippen LogP contribution in [0, 0.1) is 0 Å². The highest BCUT2D eigenvalue weighted by Gasteiger charge is 2.33. The van der Waals surface area contributed by atoms with Crippen LogP contribution in [0.15, 0.2) is 18.2 Å². The molecular formula is C14H14ClNO3S. The number of halogens is 1. The lowest BCUT2D eigenvalue weighted by atomic mass is 10.1. The van der Waals surface area contributed by atoms with Crippen LogP contribution in [0.25, 0.3) is 0 Å². The molecule has 0 radical (unpaired) electrons. The molecule has 106 valence electrons. The average Bonchev–Trinajstić information content (AvgIpc) is 2.69. The smallest absolute Gasteiger partial charge is 0.228 e. The van der Waals surface area contributed by atoms with Crippen molar-refractivity contribution >= 4 is 45.9 Å². The molecule has 0 spiro atoms. The first-order chi connectivity index (χ1) is 9.38. The van der Waals surface area contributed by atoms with Crippen LogP contribution < -0.4 is 4.90 Å². The fraction of sp³-hybridized carbons (Fsp3) is 0.357. The number of nitrogens with zero attached hydrogens (tertiary/aromatic N) is 1. The fourth-order valence-corrected chi connectivity index (χ4v) is 3.30. The zero-order valence-electron chi connectivity index (χ0n) is 11.2. The number of carbonyl (C=O) groups is 3. The molecule has 0 saturated carbocycles. The van der Waals surface area contributed by atoms with E-state index in [1.54, 1.807) is 23.1 Å². The summed E-state index contributed by atoms with van der Waals surface area (Å²) in [6.45, 7) is 3.39. The van der Waals surface area contributed by atoms with Crippen LogP contribution in [0.3, 0.4) is 0 Å². The molecule has 1 heterocycles. The SMILES string of the molecule is CC(=O)SC1CC(=O)N(c2cc(C(C)=O)ccc2Cl)C1. The molecule has 1 saturated heterocycles. The molecule has 1 atom stereocenters. The van der Waals surface area contributed by atoms with E-state index in [2.05, 4.69) is 0 Å². The zero-order chi connectivity index (χ0) is 14.9. The molecule has 6 heteroatoms. The molecule has 1 fully saturated rings. The van der Waals surface area contributed by atoms with Gasteiger partial charge in [0.05, 0.1) is 10.7 Å². The third-order valence-electron chi connectivity index (χ3n) is 3.07. The summed E-state index contributed by atoms with van der Waals surface area (Å²) in [5, 5.41) is 0.363. The standard InChI is InChI=1S/C14H14ClNO3S/c1-8(17)10-3-4-12(15)13(5-10)16-7-11(6-14(16)19)20-9(2)18/h3-5,11H,6-7H2,1-2H3. The quantitative estimate of drug-likeness (QED) is 0.805. The predicted octanol–water partition coefficient (Wildman–Crippen LogP) is 2.93. The number of rotatable bonds is 3. The van der Waals surface area contributed by atoms with E-state index < -0.39 is 0 Å². The van der Waals surface area contributed by atoms with Crippen LogP contribution in [-0.4, -0.2) is 28.6 Å². The van der Waals surface area contributed by atoms with Gasteiger partial charge >= 0.3 is 0 Å². The molecule has 0 bridgehead atoms. The molecule has 0 aliphatic carbocycles. The van der Waals surface area contributed by atoms with Gasteiger partial charge in [-0.25, -0.2) is 0 Å². The van der Waals surface area contributed by atoms with Crippen molar-refractivity contribution in [2.45, 2.75) is 25.5 Å². The Hall–Kier alpha value is -1.33. The van der Waals surface area contributed by atoms with Crippen LogP contribution in [0.5, 0.6) is 0 Å². The second-order valence-electron chi connectivity index (χ2n) is 4.66. The normalized spacial score (nSPS) is 18.4. The van der Waals surface area contributed by atoms with E-state index in [4.69, 9.17) is 11.6 Å². The monoisotopic (exact) mass is 311 g/mol.